The summed E-state index contributed by atoms with van der Waals surface area (Å²) in [7, 11) is 0. The van der Waals surface area contributed by atoms with Crippen LogP contribution < -0.4 is 0 Å². The van der Waals surface area contributed by atoms with Gasteiger partial charge in [0, 0.05) is 0 Å². The Balaban J connectivity index is 3.07. The first kappa shape index (κ1) is 7.45. The van der Waals surface area contributed by atoms with Crippen molar-refractivity contribution in [2.75, 3.05) is 0 Å². The van der Waals surface area contributed by atoms with Crippen molar-refractivity contribution in [3.8, 4) is 0 Å². The maximum atomic E-state index is 12.4. The molecule has 0 aliphatic rings. The summed E-state index contributed by atoms with van der Waals surface area (Å²) >= 11 is 2.28. The van der Waals surface area contributed by atoms with E-state index in [-0.39, 0.29) is 10.5 Å². The maximum absolute atomic E-state index is 12.4. The fourth-order valence-corrected chi connectivity index (χ4v) is 0.882. The van der Waals surface area contributed by atoms with E-state index < -0.39 is 0 Å². The predicted octanol–water partition coefficient (Wildman–Crippen LogP) is 1.13. The monoisotopic (exact) mass is 203 g/mol. The average Bonchev–Trinajstić information content (AvgIpc) is 1.88. The molecule has 0 N–H and O–H groups in total. The second-order valence-corrected chi connectivity index (χ2v) is 2.58. The number of carbonyl (C=O) groups excluding carboxylic acids is 1. The van der Waals surface area contributed by atoms with Crippen LogP contribution in [-0.2, 0) is 0 Å². The summed E-state index contributed by atoms with van der Waals surface area (Å²) in [4.78, 5) is 10.6. The van der Waals surface area contributed by atoms with Gasteiger partial charge in [-0.3, -0.25) is 0 Å². The number of rotatable bonds is 1. The van der Waals surface area contributed by atoms with Gasteiger partial charge in [-0.1, -0.05) is 0 Å². The topological polar surface area (TPSA) is 17.1 Å². The van der Waals surface area contributed by atoms with Crippen LogP contribution in [0.1, 0.15) is 10.4 Å². The van der Waals surface area contributed by atoms with Crippen molar-refractivity contribution in [2.45, 2.75) is 0 Å². The van der Waals surface area contributed by atoms with Crippen LogP contribution in [0.4, 0.5) is 4.39 Å². The Labute approximate surface area is 66.1 Å². The third-order valence-electron chi connectivity index (χ3n) is 1.06. The molecule has 0 saturated carbocycles. The van der Waals surface area contributed by atoms with Crippen molar-refractivity contribution >= 4 is 20.7 Å². The Kier molecular flexibility index (Phi) is 2.20. The summed E-state index contributed by atoms with van der Waals surface area (Å²) in [5, 5.41) is 0. The van der Waals surface area contributed by atoms with E-state index in [1.54, 1.807) is 6.07 Å². The molecule has 0 aliphatic heterocycles. The summed E-state index contributed by atoms with van der Waals surface area (Å²) < 4.78 is 12.1. The van der Waals surface area contributed by atoms with Crippen molar-refractivity contribution in [1.82, 2.24) is 0 Å². The molecule has 0 fully saturated rings. The van der Waals surface area contributed by atoms with Crippen LogP contribution in [0.15, 0.2) is 24.3 Å². The van der Waals surface area contributed by atoms with E-state index in [1.807, 2.05) is 0 Å². The minimum absolute atomic E-state index is 0.237. The molecule has 0 bridgehead atoms. The fraction of sp³-hybridized carbons (Fsp3) is 0. The van der Waals surface area contributed by atoms with Gasteiger partial charge in [-0.25, -0.2) is 0 Å². The summed E-state index contributed by atoms with van der Waals surface area (Å²) in [5.41, 5.74) is 0.361. The van der Waals surface area contributed by atoms with Gasteiger partial charge in [0.2, 0.25) is 0 Å². The molecule has 0 spiro atoms. The van der Waals surface area contributed by atoms with E-state index in [4.69, 9.17) is 0 Å². The van der Waals surface area contributed by atoms with E-state index in [1.165, 1.54) is 18.2 Å². The van der Waals surface area contributed by atoms with Crippen molar-refractivity contribution in [2.24, 2.45) is 0 Å². The van der Waals surface area contributed by atoms with Crippen molar-refractivity contribution in [3.05, 3.63) is 35.6 Å². The fourth-order valence-electron chi connectivity index (χ4n) is 0.615. The van der Waals surface area contributed by atoms with E-state index in [2.05, 4.69) is 16.0 Å². The van der Waals surface area contributed by atoms with Gasteiger partial charge in [0.15, 0.2) is 0 Å². The summed E-state index contributed by atoms with van der Waals surface area (Å²) in [5.74, 6) is -0.388. The zero-order valence-electron chi connectivity index (χ0n) is 5.00. The average molecular weight is 202 g/mol. The first-order valence-corrected chi connectivity index (χ1v) is 3.53. The molecule has 1 rings (SSSR count). The van der Waals surface area contributed by atoms with Gasteiger partial charge in [-0.15, -0.1) is 0 Å². The second kappa shape index (κ2) is 2.95. The SMILES string of the molecule is O=C([Se])c1cccc(F)c1. The summed E-state index contributed by atoms with van der Waals surface area (Å²) in [6, 6.07) is 5.55. The molecule has 51 valence electrons. The number of hydrogen-bond acceptors (Lipinski definition) is 1. The Bertz CT molecular complexity index is 260. The third kappa shape index (κ3) is 1.66. The molecule has 3 heteroatoms. The Morgan fingerprint density at radius 3 is 2.60 bits per heavy atom. The number of hydrogen-bond donors (Lipinski definition) is 0. The molecule has 1 aromatic carbocycles. The van der Waals surface area contributed by atoms with E-state index >= 15 is 0 Å². The summed E-state index contributed by atoms with van der Waals surface area (Å²) in [6.45, 7) is 0. The molecule has 0 aliphatic carbocycles. The van der Waals surface area contributed by atoms with Crippen LogP contribution in [0.3, 0.4) is 0 Å². The zero-order valence-corrected chi connectivity index (χ0v) is 6.72. The van der Waals surface area contributed by atoms with Crippen molar-refractivity contribution < 1.29 is 9.18 Å². The second-order valence-electron chi connectivity index (χ2n) is 1.80. The van der Waals surface area contributed by atoms with Crippen LogP contribution in [0.5, 0.6) is 0 Å². The number of halogens is 1. The first-order valence-electron chi connectivity index (χ1n) is 2.67. The molecule has 0 saturated heterocycles. The van der Waals surface area contributed by atoms with Gasteiger partial charge < -0.3 is 0 Å². The molecule has 0 amide bonds. The van der Waals surface area contributed by atoms with Crippen LogP contribution in [-0.4, -0.2) is 20.7 Å². The summed E-state index contributed by atoms with van der Waals surface area (Å²) in [6.07, 6.45) is 0. The van der Waals surface area contributed by atoms with Crippen LogP contribution >= 0.6 is 0 Å². The quantitative estimate of drug-likeness (QED) is 0.624. The van der Waals surface area contributed by atoms with Crippen molar-refractivity contribution in [1.29, 1.82) is 0 Å². The normalized spacial score (nSPS) is 9.30. The van der Waals surface area contributed by atoms with E-state index in [9.17, 15) is 9.18 Å². The minimum atomic E-state index is -0.388. The molecule has 1 radical (unpaired) electrons. The molecule has 0 atom stereocenters. The molecule has 0 heterocycles. The van der Waals surface area contributed by atoms with Gasteiger partial charge in [0.1, 0.15) is 0 Å². The molecular weight excluding hydrogens is 198 g/mol. The molecule has 0 unspecified atom stereocenters. The Morgan fingerprint density at radius 2 is 2.20 bits per heavy atom. The van der Waals surface area contributed by atoms with Crippen molar-refractivity contribution in [3.63, 3.8) is 0 Å². The van der Waals surface area contributed by atoms with E-state index in [0.29, 0.717) is 5.56 Å². The van der Waals surface area contributed by atoms with Crippen LogP contribution in [0, 0.1) is 5.82 Å². The van der Waals surface area contributed by atoms with Gasteiger partial charge >= 0.3 is 65.5 Å². The molecule has 1 nitrogen and oxygen atoms in total. The van der Waals surface area contributed by atoms with Gasteiger partial charge in [-0.2, -0.15) is 0 Å². The Morgan fingerprint density at radius 1 is 1.50 bits per heavy atom. The first-order chi connectivity index (χ1) is 4.70. The molecule has 1 aromatic rings. The molecular formula is C7H4FOSe. The van der Waals surface area contributed by atoms with Gasteiger partial charge in [0.25, 0.3) is 0 Å². The van der Waals surface area contributed by atoms with Crippen LogP contribution in [0.25, 0.3) is 0 Å². The Hall–Kier alpha value is -0.661. The third-order valence-corrected chi connectivity index (χ3v) is 1.55. The van der Waals surface area contributed by atoms with Gasteiger partial charge in [0.05, 0.1) is 0 Å². The van der Waals surface area contributed by atoms with Gasteiger partial charge in [-0.05, 0) is 0 Å². The van der Waals surface area contributed by atoms with E-state index in [0.717, 1.165) is 0 Å². The molecule has 0 aromatic heterocycles. The van der Waals surface area contributed by atoms with Crippen LogP contribution in [0.2, 0.25) is 0 Å². The number of carbonyl (C=O) groups is 1. The molecule has 10 heavy (non-hydrogen) atoms. The standard InChI is InChI=1S/C7H4FOSe/c8-6-3-1-2-5(4-6)7(9)10/h1-4H. The number of benzene rings is 1. The predicted molar refractivity (Wildman–Crippen MR) is 36.5 cm³/mol. The zero-order chi connectivity index (χ0) is 7.56.